The number of hydrogen-bond acceptors (Lipinski definition) is 3. The highest BCUT2D eigenvalue weighted by atomic mass is 16.5. The number of hydrogen-bond donors (Lipinski definition) is 1. The molecule has 3 fully saturated rings. The van der Waals surface area contributed by atoms with Gasteiger partial charge in [0.2, 0.25) is 5.91 Å². The predicted molar refractivity (Wildman–Crippen MR) is 79.5 cm³/mol. The van der Waals surface area contributed by atoms with Crippen LogP contribution >= 0.6 is 0 Å². The lowest BCUT2D eigenvalue weighted by atomic mass is 10.0. The van der Waals surface area contributed by atoms with Crippen molar-refractivity contribution in [2.75, 3.05) is 19.5 Å². The normalized spacial score (nSPS) is 35.2. The second-order valence-electron chi connectivity index (χ2n) is 6.57. The number of ether oxygens (including phenoxy) is 2. The number of fused-ring (bicyclic) bond motifs is 5. The van der Waals surface area contributed by atoms with E-state index in [1.54, 1.807) is 20.3 Å². The van der Waals surface area contributed by atoms with Crippen LogP contribution in [0.1, 0.15) is 19.3 Å². The van der Waals surface area contributed by atoms with Crippen molar-refractivity contribution < 1.29 is 14.3 Å². The van der Waals surface area contributed by atoms with E-state index in [9.17, 15) is 4.79 Å². The highest BCUT2D eigenvalue weighted by molar-refractivity contribution is 5.96. The Balaban J connectivity index is 1.48. The highest BCUT2D eigenvalue weighted by Crippen LogP contribution is 2.69. The maximum Gasteiger partial charge on any atom is 0.228 e. The molecule has 0 spiro atoms. The summed E-state index contributed by atoms with van der Waals surface area (Å²) < 4.78 is 10.5. The first kappa shape index (κ1) is 13.0. The fourth-order valence-electron chi connectivity index (χ4n) is 4.79. The van der Waals surface area contributed by atoms with E-state index in [-0.39, 0.29) is 11.8 Å². The summed E-state index contributed by atoms with van der Waals surface area (Å²) in [5, 5.41) is 3.05. The molecule has 3 saturated carbocycles. The van der Waals surface area contributed by atoms with Crippen molar-refractivity contribution >= 4 is 11.6 Å². The molecule has 1 N–H and O–H groups in total. The molecule has 1 aromatic carbocycles. The van der Waals surface area contributed by atoms with Crippen molar-refractivity contribution in [3.05, 3.63) is 18.2 Å². The average Bonchev–Trinajstić information content (AvgIpc) is 2.96. The number of benzene rings is 1. The second-order valence-corrected chi connectivity index (χ2v) is 6.57. The van der Waals surface area contributed by atoms with Crippen LogP contribution in [0.4, 0.5) is 5.69 Å². The molecule has 3 aliphatic rings. The summed E-state index contributed by atoms with van der Waals surface area (Å²) in [6.45, 7) is 0. The third-order valence-electron chi connectivity index (χ3n) is 5.70. The van der Waals surface area contributed by atoms with Gasteiger partial charge in [-0.1, -0.05) is 0 Å². The summed E-state index contributed by atoms with van der Waals surface area (Å²) in [4.78, 5) is 12.5. The molecule has 112 valence electrons. The molecule has 3 aliphatic carbocycles. The van der Waals surface area contributed by atoms with Crippen LogP contribution in [0.15, 0.2) is 18.2 Å². The van der Waals surface area contributed by atoms with E-state index >= 15 is 0 Å². The molecule has 1 unspecified atom stereocenters. The van der Waals surface area contributed by atoms with Crippen LogP contribution < -0.4 is 14.8 Å². The highest BCUT2D eigenvalue weighted by Gasteiger charge is 2.67. The van der Waals surface area contributed by atoms with Gasteiger partial charge in [0.1, 0.15) is 11.5 Å². The van der Waals surface area contributed by atoms with Gasteiger partial charge >= 0.3 is 0 Å². The lowest BCUT2D eigenvalue weighted by Crippen LogP contribution is -2.19. The van der Waals surface area contributed by atoms with E-state index < -0.39 is 0 Å². The minimum atomic E-state index is 0.171. The van der Waals surface area contributed by atoms with E-state index in [0.717, 1.165) is 23.3 Å². The molecular formula is C17H21NO3. The first-order valence-electron chi connectivity index (χ1n) is 7.76. The Bertz CT molecular complexity index is 569. The lowest BCUT2D eigenvalue weighted by Gasteiger charge is -2.13. The third-order valence-corrected chi connectivity index (χ3v) is 5.70. The molecule has 21 heavy (non-hydrogen) atoms. The van der Waals surface area contributed by atoms with Crippen LogP contribution in [0, 0.1) is 29.6 Å². The van der Waals surface area contributed by atoms with E-state index in [4.69, 9.17) is 9.47 Å². The minimum absolute atomic E-state index is 0.171. The van der Waals surface area contributed by atoms with Crippen molar-refractivity contribution in [2.45, 2.75) is 19.3 Å². The summed E-state index contributed by atoms with van der Waals surface area (Å²) in [6.07, 6.45) is 4.04. The molecule has 4 rings (SSSR count). The predicted octanol–water partition coefficient (Wildman–Crippen LogP) is 2.93. The monoisotopic (exact) mass is 287 g/mol. The molecular weight excluding hydrogens is 266 g/mol. The molecule has 0 aliphatic heterocycles. The van der Waals surface area contributed by atoms with E-state index in [1.807, 2.05) is 12.1 Å². The number of methoxy groups -OCH3 is 2. The van der Waals surface area contributed by atoms with E-state index in [1.165, 1.54) is 19.3 Å². The summed E-state index contributed by atoms with van der Waals surface area (Å²) in [6, 6.07) is 5.49. The number of carbonyl (C=O) groups excluding carboxylic acids is 1. The topological polar surface area (TPSA) is 47.6 Å². The molecule has 0 heterocycles. The van der Waals surface area contributed by atoms with Gasteiger partial charge in [-0.25, -0.2) is 0 Å². The van der Waals surface area contributed by atoms with Crippen LogP contribution in [0.2, 0.25) is 0 Å². The van der Waals surface area contributed by atoms with Crippen LogP contribution in [-0.2, 0) is 4.79 Å². The van der Waals surface area contributed by atoms with Gasteiger partial charge in [-0.2, -0.15) is 0 Å². The fraction of sp³-hybridized carbons (Fsp3) is 0.588. The van der Waals surface area contributed by atoms with Gasteiger partial charge in [-0.05, 0) is 55.1 Å². The van der Waals surface area contributed by atoms with Crippen molar-refractivity contribution in [2.24, 2.45) is 29.6 Å². The van der Waals surface area contributed by atoms with Crippen LogP contribution in [0.25, 0.3) is 0 Å². The largest absolute Gasteiger partial charge is 0.497 e. The number of carbonyl (C=O) groups is 1. The van der Waals surface area contributed by atoms with Crippen molar-refractivity contribution in [1.82, 2.24) is 0 Å². The van der Waals surface area contributed by atoms with Crippen molar-refractivity contribution in [3.63, 3.8) is 0 Å². The SMILES string of the molecule is COc1ccc(NC(=O)C2[C@@H]3[C@@H]4CC[C@@H](C4)[C@@H]23)c(OC)c1. The Hall–Kier alpha value is -1.71. The quantitative estimate of drug-likeness (QED) is 0.926. The Morgan fingerprint density at radius 2 is 1.86 bits per heavy atom. The lowest BCUT2D eigenvalue weighted by molar-refractivity contribution is -0.118. The third kappa shape index (κ3) is 1.92. The molecule has 0 radical (unpaired) electrons. The van der Waals surface area contributed by atoms with Crippen molar-refractivity contribution in [3.8, 4) is 11.5 Å². The van der Waals surface area contributed by atoms with Gasteiger partial charge < -0.3 is 14.8 Å². The van der Waals surface area contributed by atoms with Crippen LogP contribution in [-0.4, -0.2) is 20.1 Å². The molecule has 0 saturated heterocycles. The smallest absolute Gasteiger partial charge is 0.228 e. The molecule has 4 heteroatoms. The first-order valence-corrected chi connectivity index (χ1v) is 7.76. The zero-order valence-corrected chi connectivity index (χ0v) is 12.5. The zero-order chi connectivity index (χ0) is 14.6. The van der Waals surface area contributed by atoms with E-state index in [2.05, 4.69) is 5.32 Å². The molecule has 1 amide bonds. The number of anilines is 1. The van der Waals surface area contributed by atoms with Gasteiger partial charge in [0.15, 0.2) is 0 Å². The van der Waals surface area contributed by atoms with Crippen molar-refractivity contribution in [1.29, 1.82) is 0 Å². The Morgan fingerprint density at radius 3 is 2.48 bits per heavy atom. The standard InChI is InChI=1S/C17H21NO3/c1-20-11-5-6-12(13(8-11)21-2)18-17(19)16-14-9-3-4-10(7-9)15(14)16/h5-6,8-10,14-16H,3-4,7H2,1-2H3,(H,18,19)/t9-,10+,14-,15-,16?/m1/s1. The minimum Gasteiger partial charge on any atom is -0.497 e. The molecule has 0 aromatic heterocycles. The molecule has 4 nitrogen and oxygen atoms in total. The summed E-state index contributed by atoms with van der Waals surface area (Å²) >= 11 is 0. The van der Waals surface area contributed by atoms with Gasteiger partial charge in [0, 0.05) is 12.0 Å². The Labute approximate surface area is 124 Å². The zero-order valence-electron chi connectivity index (χ0n) is 12.5. The Morgan fingerprint density at radius 1 is 1.14 bits per heavy atom. The van der Waals surface area contributed by atoms with Crippen LogP contribution in [0.3, 0.4) is 0 Å². The molecule has 5 atom stereocenters. The maximum atomic E-state index is 12.5. The fourth-order valence-corrected chi connectivity index (χ4v) is 4.79. The Kier molecular flexibility index (Phi) is 2.88. The van der Waals surface area contributed by atoms with E-state index in [0.29, 0.717) is 17.6 Å². The number of rotatable bonds is 4. The number of amides is 1. The second kappa shape index (κ2) is 4.65. The van der Waals surface area contributed by atoms with Gasteiger partial charge in [-0.3, -0.25) is 4.79 Å². The first-order chi connectivity index (χ1) is 10.2. The summed E-state index contributed by atoms with van der Waals surface area (Å²) in [5.41, 5.74) is 0.737. The van der Waals surface area contributed by atoms with Gasteiger partial charge in [0.05, 0.1) is 19.9 Å². The summed E-state index contributed by atoms with van der Waals surface area (Å²) in [5.74, 6) is 4.74. The molecule has 2 bridgehead atoms. The summed E-state index contributed by atoms with van der Waals surface area (Å²) in [7, 11) is 3.23. The average molecular weight is 287 g/mol. The van der Waals surface area contributed by atoms with Crippen LogP contribution in [0.5, 0.6) is 11.5 Å². The number of nitrogens with one attached hydrogen (secondary N) is 1. The molecule has 1 aromatic rings. The van der Waals surface area contributed by atoms with Gasteiger partial charge in [-0.15, -0.1) is 0 Å². The van der Waals surface area contributed by atoms with Gasteiger partial charge in [0.25, 0.3) is 0 Å². The maximum absolute atomic E-state index is 12.5.